The summed E-state index contributed by atoms with van der Waals surface area (Å²) < 4.78 is 19.6. The molecule has 0 saturated heterocycles. The summed E-state index contributed by atoms with van der Waals surface area (Å²) in [5, 5.41) is 5.70. The fourth-order valence-corrected chi connectivity index (χ4v) is 2.99. The smallest absolute Gasteiger partial charge is 0.177 e. The molecule has 0 aliphatic carbocycles. The molecular weight excluding hydrogens is 331 g/mol. The molecule has 0 amide bonds. The number of anilines is 1. The molecule has 96 valence electrons. The second-order valence-corrected chi connectivity index (χ2v) is 6.21. The lowest BCUT2D eigenvalue weighted by atomic mass is 10.0. The average molecular weight is 339 g/mol. The molecular formula is C13H8BrFN2OS. The minimum Gasteiger partial charge on any atom is -0.380 e. The Kier molecular flexibility index (Phi) is 3.12. The van der Waals surface area contributed by atoms with Gasteiger partial charge in [-0.1, -0.05) is 17.3 Å². The molecule has 19 heavy (non-hydrogen) atoms. The number of hydrogen-bond donors (Lipinski definition) is 1. The Balaban J connectivity index is 2.19. The molecule has 3 rings (SSSR count). The van der Waals surface area contributed by atoms with E-state index in [4.69, 9.17) is 10.3 Å². The molecule has 0 saturated carbocycles. The summed E-state index contributed by atoms with van der Waals surface area (Å²) >= 11 is 4.92. The number of nitrogens with two attached hydrogens (primary N) is 1. The molecule has 0 fully saturated rings. The van der Waals surface area contributed by atoms with Crippen LogP contribution in [0.1, 0.15) is 0 Å². The summed E-state index contributed by atoms with van der Waals surface area (Å²) in [4.78, 5) is 0. The van der Waals surface area contributed by atoms with Crippen LogP contribution in [0.25, 0.3) is 22.5 Å². The topological polar surface area (TPSA) is 52.0 Å². The summed E-state index contributed by atoms with van der Waals surface area (Å²) in [6.45, 7) is 0. The van der Waals surface area contributed by atoms with Gasteiger partial charge in [-0.05, 0) is 39.7 Å². The molecule has 2 heterocycles. The van der Waals surface area contributed by atoms with Gasteiger partial charge in [-0.2, -0.15) is 0 Å². The summed E-state index contributed by atoms with van der Waals surface area (Å²) in [7, 11) is 0. The summed E-state index contributed by atoms with van der Waals surface area (Å²) in [6.07, 6.45) is 0. The molecule has 0 atom stereocenters. The van der Waals surface area contributed by atoms with Crippen LogP contribution in [0.15, 0.2) is 44.0 Å². The number of nitrogen functional groups attached to an aromatic ring is 1. The van der Waals surface area contributed by atoms with E-state index in [0.29, 0.717) is 16.9 Å². The Labute approximate surface area is 121 Å². The van der Waals surface area contributed by atoms with Crippen molar-refractivity contribution in [3.05, 3.63) is 45.3 Å². The summed E-state index contributed by atoms with van der Waals surface area (Å²) in [5.41, 5.74) is 7.96. The number of aromatic nitrogens is 1. The first-order valence-electron chi connectivity index (χ1n) is 5.40. The van der Waals surface area contributed by atoms with Gasteiger partial charge in [0.1, 0.15) is 5.82 Å². The monoisotopic (exact) mass is 338 g/mol. The minimum atomic E-state index is -0.324. The van der Waals surface area contributed by atoms with Crippen LogP contribution in [0.2, 0.25) is 0 Å². The third kappa shape index (κ3) is 2.29. The van der Waals surface area contributed by atoms with Crippen molar-refractivity contribution in [1.29, 1.82) is 0 Å². The van der Waals surface area contributed by atoms with Gasteiger partial charge in [-0.15, -0.1) is 11.3 Å². The molecule has 0 unspecified atom stereocenters. The van der Waals surface area contributed by atoms with Crippen LogP contribution in [0.3, 0.4) is 0 Å². The largest absolute Gasteiger partial charge is 0.380 e. The van der Waals surface area contributed by atoms with Crippen molar-refractivity contribution in [3.63, 3.8) is 0 Å². The molecule has 2 N–H and O–H groups in total. The van der Waals surface area contributed by atoms with Crippen molar-refractivity contribution in [2.24, 2.45) is 0 Å². The lowest BCUT2D eigenvalue weighted by Gasteiger charge is -2.01. The predicted octanol–water partition coefficient (Wildman–Crippen LogP) is 4.55. The Bertz CT molecular complexity index is 738. The molecule has 3 nitrogen and oxygen atoms in total. The lowest BCUT2D eigenvalue weighted by Crippen LogP contribution is -1.89. The molecule has 1 aromatic carbocycles. The number of hydrogen-bond acceptors (Lipinski definition) is 4. The first kappa shape index (κ1) is 12.4. The normalized spacial score (nSPS) is 10.8. The highest BCUT2D eigenvalue weighted by molar-refractivity contribution is 9.11. The number of benzene rings is 1. The third-order valence-electron chi connectivity index (χ3n) is 2.66. The third-order valence-corrected chi connectivity index (χ3v) is 4.17. The minimum absolute atomic E-state index is 0.253. The maximum Gasteiger partial charge on any atom is 0.177 e. The van der Waals surface area contributed by atoms with E-state index in [1.807, 2.05) is 11.4 Å². The van der Waals surface area contributed by atoms with Crippen molar-refractivity contribution in [2.45, 2.75) is 0 Å². The molecule has 0 spiro atoms. The van der Waals surface area contributed by atoms with E-state index in [1.165, 1.54) is 23.5 Å². The van der Waals surface area contributed by atoms with Gasteiger partial charge in [-0.3, -0.25) is 0 Å². The Morgan fingerprint density at radius 1 is 1.26 bits per heavy atom. The van der Waals surface area contributed by atoms with Crippen LogP contribution < -0.4 is 5.73 Å². The quantitative estimate of drug-likeness (QED) is 0.745. The number of rotatable bonds is 2. The first-order valence-corrected chi connectivity index (χ1v) is 7.08. The van der Waals surface area contributed by atoms with Gasteiger partial charge in [0.2, 0.25) is 0 Å². The second kappa shape index (κ2) is 4.79. The lowest BCUT2D eigenvalue weighted by molar-refractivity contribution is 0.436. The van der Waals surface area contributed by atoms with Crippen molar-refractivity contribution < 1.29 is 8.91 Å². The van der Waals surface area contributed by atoms with Crippen LogP contribution in [0, 0.1) is 5.82 Å². The zero-order chi connectivity index (χ0) is 13.4. The van der Waals surface area contributed by atoms with Crippen molar-refractivity contribution >= 4 is 33.1 Å². The second-order valence-electron chi connectivity index (χ2n) is 3.92. The average Bonchev–Trinajstić information content (AvgIpc) is 2.95. The molecule has 0 aliphatic heterocycles. The SMILES string of the molecule is Nc1noc(-c2csc(Br)c2)c1-c1cccc(F)c1. The van der Waals surface area contributed by atoms with Gasteiger partial charge in [0, 0.05) is 10.9 Å². The molecule has 6 heteroatoms. The van der Waals surface area contributed by atoms with E-state index in [-0.39, 0.29) is 11.6 Å². The highest BCUT2D eigenvalue weighted by Crippen LogP contribution is 2.39. The van der Waals surface area contributed by atoms with Gasteiger partial charge >= 0.3 is 0 Å². The molecule has 0 bridgehead atoms. The van der Waals surface area contributed by atoms with Gasteiger partial charge in [-0.25, -0.2) is 4.39 Å². The van der Waals surface area contributed by atoms with Gasteiger partial charge in [0.15, 0.2) is 11.6 Å². The van der Waals surface area contributed by atoms with Crippen LogP contribution >= 0.6 is 27.3 Å². The molecule has 2 aromatic heterocycles. The van der Waals surface area contributed by atoms with E-state index < -0.39 is 0 Å². The van der Waals surface area contributed by atoms with Crippen molar-refractivity contribution in [2.75, 3.05) is 5.73 Å². The zero-order valence-electron chi connectivity index (χ0n) is 9.56. The molecule has 0 radical (unpaired) electrons. The molecule has 0 aliphatic rings. The summed E-state index contributed by atoms with van der Waals surface area (Å²) in [5.74, 6) is 0.475. The fourth-order valence-electron chi connectivity index (χ4n) is 1.85. The van der Waals surface area contributed by atoms with E-state index in [9.17, 15) is 4.39 Å². The highest BCUT2D eigenvalue weighted by Gasteiger charge is 2.18. The van der Waals surface area contributed by atoms with Gasteiger partial charge in [0.25, 0.3) is 0 Å². The maximum absolute atomic E-state index is 13.3. The standard InChI is InChI=1S/C13H8BrFN2OS/c14-10-5-8(6-19-10)12-11(13(16)17-18-12)7-2-1-3-9(15)4-7/h1-6H,(H2,16,17). The van der Waals surface area contributed by atoms with Crippen LogP contribution in [-0.4, -0.2) is 5.16 Å². The number of nitrogens with zero attached hydrogens (tertiary/aromatic N) is 1. The van der Waals surface area contributed by atoms with Crippen LogP contribution in [0.5, 0.6) is 0 Å². The van der Waals surface area contributed by atoms with Gasteiger partial charge < -0.3 is 10.3 Å². The zero-order valence-corrected chi connectivity index (χ0v) is 12.0. The van der Waals surface area contributed by atoms with Crippen molar-refractivity contribution in [3.8, 4) is 22.5 Å². The maximum atomic E-state index is 13.3. The Morgan fingerprint density at radius 2 is 2.11 bits per heavy atom. The Morgan fingerprint density at radius 3 is 2.79 bits per heavy atom. The van der Waals surface area contributed by atoms with Crippen LogP contribution in [-0.2, 0) is 0 Å². The molecule has 3 aromatic rings. The van der Waals surface area contributed by atoms with Crippen LogP contribution in [0.4, 0.5) is 10.2 Å². The van der Waals surface area contributed by atoms with E-state index in [2.05, 4.69) is 21.1 Å². The van der Waals surface area contributed by atoms with E-state index >= 15 is 0 Å². The summed E-state index contributed by atoms with van der Waals surface area (Å²) in [6, 6.07) is 8.11. The van der Waals surface area contributed by atoms with Gasteiger partial charge in [0.05, 0.1) is 9.35 Å². The highest BCUT2D eigenvalue weighted by atomic mass is 79.9. The Hall–Kier alpha value is -1.66. The van der Waals surface area contributed by atoms with E-state index in [1.54, 1.807) is 12.1 Å². The van der Waals surface area contributed by atoms with E-state index in [0.717, 1.165) is 9.35 Å². The fraction of sp³-hybridized carbons (Fsp3) is 0. The number of thiophene rings is 1. The van der Waals surface area contributed by atoms with Crippen molar-refractivity contribution in [1.82, 2.24) is 5.16 Å². The first-order chi connectivity index (χ1) is 9.15. The predicted molar refractivity (Wildman–Crippen MR) is 77.3 cm³/mol. The number of halogens is 2.